The van der Waals surface area contributed by atoms with Gasteiger partial charge in [-0.05, 0) is 55.8 Å². The number of methoxy groups -OCH3 is 2. The van der Waals surface area contributed by atoms with Crippen molar-refractivity contribution in [3.05, 3.63) is 70.9 Å². The smallest absolute Gasteiger partial charge is 0.340 e. The number of hydrogen-bond donors (Lipinski definition) is 0. The van der Waals surface area contributed by atoms with Gasteiger partial charge in [0.15, 0.2) is 0 Å². The first-order valence-electron chi connectivity index (χ1n) is 8.72. The highest BCUT2D eigenvalue weighted by Gasteiger charge is 2.31. The Labute approximate surface area is 159 Å². The Morgan fingerprint density at radius 3 is 1.89 bits per heavy atom. The second-order valence-electron chi connectivity index (χ2n) is 5.97. The molecule has 1 aliphatic heterocycles. The monoisotopic (exact) mass is 364 g/mol. The van der Waals surface area contributed by atoms with Crippen molar-refractivity contribution in [1.82, 2.24) is 5.32 Å². The normalized spacial score (nSPS) is 13.5. The molecule has 1 aliphatic rings. The largest absolute Gasteiger partial charge is 0.497 e. The highest BCUT2D eigenvalue weighted by Crippen LogP contribution is 2.40. The Morgan fingerprint density at radius 2 is 1.41 bits per heavy atom. The number of esters is 1. The van der Waals surface area contributed by atoms with Crippen LogP contribution in [0.5, 0.6) is 11.5 Å². The first-order chi connectivity index (χ1) is 13.1. The summed E-state index contributed by atoms with van der Waals surface area (Å²) in [5.41, 5.74) is 4.42. The molecular weight excluding hydrogens is 342 g/mol. The maximum absolute atomic E-state index is 12.6. The molecule has 0 fully saturated rings. The van der Waals surface area contributed by atoms with Gasteiger partial charge < -0.3 is 14.2 Å². The maximum atomic E-state index is 12.6. The van der Waals surface area contributed by atoms with Crippen LogP contribution in [-0.4, -0.2) is 26.8 Å². The number of ether oxygens (including phenoxy) is 3. The molecule has 0 bridgehead atoms. The van der Waals surface area contributed by atoms with Gasteiger partial charge in [-0.1, -0.05) is 12.1 Å². The van der Waals surface area contributed by atoms with Crippen LogP contribution in [0.2, 0.25) is 0 Å². The molecule has 3 rings (SSSR count). The van der Waals surface area contributed by atoms with Crippen molar-refractivity contribution in [1.29, 1.82) is 0 Å². The minimum atomic E-state index is -0.368. The topological polar surface area (TPSA) is 58.9 Å². The van der Waals surface area contributed by atoms with Gasteiger partial charge in [-0.15, -0.1) is 0 Å². The summed E-state index contributed by atoms with van der Waals surface area (Å²) in [7, 11) is 3.25. The molecule has 0 amide bonds. The third-order valence-electron chi connectivity index (χ3n) is 4.35. The van der Waals surface area contributed by atoms with E-state index in [1.54, 1.807) is 21.1 Å². The van der Waals surface area contributed by atoms with Crippen LogP contribution in [0.1, 0.15) is 25.0 Å². The first-order valence-corrected chi connectivity index (χ1v) is 8.72. The molecule has 0 saturated heterocycles. The summed E-state index contributed by atoms with van der Waals surface area (Å²) in [6, 6.07) is 15.2. The van der Waals surface area contributed by atoms with Crippen molar-refractivity contribution >= 4 is 17.2 Å². The summed E-state index contributed by atoms with van der Waals surface area (Å²) in [6.45, 7) is 3.93. The molecule has 0 spiro atoms. The van der Waals surface area contributed by atoms with E-state index in [9.17, 15) is 4.79 Å². The van der Waals surface area contributed by atoms with Crippen molar-refractivity contribution in [2.75, 3.05) is 20.8 Å². The average molecular weight is 364 g/mol. The zero-order valence-electron chi connectivity index (χ0n) is 15.9. The van der Waals surface area contributed by atoms with Gasteiger partial charge in [0.05, 0.1) is 37.8 Å². The minimum absolute atomic E-state index is 0.309. The average Bonchev–Trinajstić information content (AvgIpc) is 3.05. The van der Waals surface area contributed by atoms with Gasteiger partial charge in [0, 0.05) is 11.1 Å². The Hall–Kier alpha value is -3.21. The summed E-state index contributed by atoms with van der Waals surface area (Å²) in [4.78, 5) is 12.6. The molecule has 1 radical (unpaired) electrons. The third kappa shape index (κ3) is 3.67. The first kappa shape index (κ1) is 18.6. The number of benzene rings is 2. The van der Waals surface area contributed by atoms with Crippen molar-refractivity contribution in [2.24, 2.45) is 0 Å². The predicted molar refractivity (Wildman–Crippen MR) is 104 cm³/mol. The molecule has 0 aliphatic carbocycles. The minimum Gasteiger partial charge on any atom is -0.497 e. The lowest BCUT2D eigenvalue weighted by molar-refractivity contribution is -0.138. The molecule has 0 N–H and O–H groups in total. The van der Waals surface area contributed by atoms with Crippen LogP contribution in [0.4, 0.5) is 0 Å². The summed E-state index contributed by atoms with van der Waals surface area (Å²) >= 11 is 0. The summed E-state index contributed by atoms with van der Waals surface area (Å²) in [6.07, 6.45) is 0. The maximum Gasteiger partial charge on any atom is 0.340 e. The van der Waals surface area contributed by atoms with E-state index in [1.165, 1.54) is 0 Å². The Balaban J connectivity index is 2.14. The van der Waals surface area contributed by atoms with Gasteiger partial charge in [0.25, 0.3) is 0 Å². The lowest BCUT2D eigenvalue weighted by atomic mass is 9.94. The molecule has 2 aromatic carbocycles. The Morgan fingerprint density at radius 1 is 0.889 bits per heavy atom. The fourth-order valence-corrected chi connectivity index (χ4v) is 3.03. The molecule has 0 unspecified atom stereocenters. The number of allylic oxidation sites excluding steroid dienone is 1. The van der Waals surface area contributed by atoms with E-state index >= 15 is 0 Å². The second-order valence-corrected chi connectivity index (χ2v) is 5.97. The third-order valence-corrected chi connectivity index (χ3v) is 4.35. The molecule has 0 atom stereocenters. The van der Waals surface area contributed by atoms with E-state index in [-0.39, 0.29) is 5.97 Å². The summed E-state index contributed by atoms with van der Waals surface area (Å²) < 4.78 is 15.8. The van der Waals surface area contributed by atoms with E-state index < -0.39 is 0 Å². The number of carbonyl (C=O) groups is 1. The van der Waals surface area contributed by atoms with Gasteiger partial charge in [-0.25, -0.2) is 4.79 Å². The molecule has 5 heteroatoms. The highest BCUT2D eigenvalue weighted by atomic mass is 16.5. The lowest BCUT2D eigenvalue weighted by Crippen LogP contribution is -2.09. The van der Waals surface area contributed by atoms with Crippen LogP contribution in [-0.2, 0) is 9.53 Å². The molecule has 2 aromatic rings. The summed E-state index contributed by atoms with van der Waals surface area (Å²) in [5.74, 6) is 1.14. The van der Waals surface area contributed by atoms with Gasteiger partial charge in [-0.3, -0.25) is 5.32 Å². The number of carbonyl (C=O) groups excluding carboxylic acids is 1. The number of hydrogen-bond acceptors (Lipinski definition) is 4. The van der Waals surface area contributed by atoms with Crippen molar-refractivity contribution < 1.29 is 19.0 Å². The van der Waals surface area contributed by atoms with Crippen LogP contribution in [0, 0.1) is 0 Å². The Kier molecular flexibility index (Phi) is 5.50. The standard InChI is InChI=1S/C22H22NO4/c1-5-27-22(24)19-14(2)23-21(16-8-12-18(26-4)13-9-16)20(19)15-6-10-17(25-3)11-7-15/h6-13H,5H2,1-4H3. The van der Waals surface area contributed by atoms with Crippen molar-refractivity contribution in [3.8, 4) is 11.5 Å². The molecule has 1 heterocycles. The van der Waals surface area contributed by atoms with E-state index in [0.29, 0.717) is 17.9 Å². The molecule has 5 nitrogen and oxygen atoms in total. The second kappa shape index (κ2) is 7.99. The highest BCUT2D eigenvalue weighted by molar-refractivity contribution is 6.16. The molecule has 139 valence electrons. The van der Waals surface area contributed by atoms with Crippen LogP contribution >= 0.6 is 0 Å². The zero-order chi connectivity index (χ0) is 19.4. The van der Waals surface area contributed by atoms with Crippen LogP contribution < -0.4 is 14.8 Å². The van der Waals surface area contributed by atoms with Gasteiger partial charge in [0.2, 0.25) is 0 Å². The van der Waals surface area contributed by atoms with E-state index in [4.69, 9.17) is 14.2 Å². The molecular formula is C22H22NO4. The van der Waals surface area contributed by atoms with Crippen molar-refractivity contribution in [3.63, 3.8) is 0 Å². The van der Waals surface area contributed by atoms with Crippen molar-refractivity contribution in [2.45, 2.75) is 13.8 Å². The van der Waals surface area contributed by atoms with Gasteiger partial charge in [0.1, 0.15) is 11.5 Å². The van der Waals surface area contributed by atoms with Gasteiger partial charge >= 0.3 is 5.97 Å². The van der Waals surface area contributed by atoms with Crippen LogP contribution in [0.3, 0.4) is 0 Å². The molecule has 27 heavy (non-hydrogen) atoms. The van der Waals surface area contributed by atoms with E-state index in [1.807, 2.05) is 55.5 Å². The fourth-order valence-electron chi connectivity index (χ4n) is 3.03. The predicted octanol–water partition coefficient (Wildman–Crippen LogP) is 4.03. The van der Waals surface area contributed by atoms with Gasteiger partial charge in [-0.2, -0.15) is 0 Å². The number of nitrogens with zero attached hydrogens (tertiary/aromatic N) is 1. The lowest BCUT2D eigenvalue weighted by Gasteiger charge is -2.12. The molecule has 0 saturated carbocycles. The van der Waals surface area contributed by atoms with E-state index in [0.717, 1.165) is 33.9 Å². The Bertz CT molecular complexity index is 893. The SMILES string of the molecule is CCOC(=O)C1=C(C)[N]C(c2ccc(OC)cc2)=C1c1ccc(OC)cc1. The quantitative estimate of drug-likeness (QED) is 0.726. The summed E-state index contributed by atoms with van der Waals surface area (Å²) in [5, 5.41) is 4.69. The zero-order valence-corrected chi connectivity index (χ0v) is 15.9. The van der Waals surface area contributed by atoms with Crippen LogP contribution in [0.25, 0.3) is 11.3 Å². The van der Waals surface area contributed by atoms with E-state index in [2.05, 4.69) is 5.32 Å². The fraction of sp³-hybridized carbons (Fsp3) is 0.227. The van der Waals surface area contributed by atoms with Crippen LogP contribution in [0.15, 0.2) is 59.8 Å². The molecule has 0 aromatic heterocycles. The number of rotatable bonds is 6.